The van der Waals surface area contributed by atoms with Gasteiger partial charge in [0.1, 0.15) is 0 Å². The van der Waals surface area contributed by atoms with E-state index in [0.29, 0.717) is 18.6 Å². The van der Waals surface area contributed by atoms with E-state index in [1.54, 1.807) is 0 Å². The first-order valence-corrected chi connectivity index (χ1v) is 5.39. The molecule has 2 unspecified atom stereocenters. The molecule has 15 heavy (non-hydrogen) atoms. The predicted molar refractivity (Wildman–Crippen MR) is 58.5 cm³/mol. The van der Waals surface area contributed by atoms with Crippen molar-refractivity contribution in [3.63, 3.8) is 0 Å². The van der Waals surface area contributed by atoms with Crippen LogP contribution in [-0.2, 0) is 9.53 Å². The van der Waals surface area contributed by atoms with Crippen molar-refractivity contribution in [1.29, 1.82) is 0 Å². The van der Waals surface area contributed by atoms with Gasteiger partial charge in [0.15, 0.2) is 0 Å². The van der Waals surface area contributed by atoms with Crippen LogP contribution in [0.25, 0.3) is 0 Å². The molecule has 1 rings (SSSR count). The summed E-state index contributed by atoms with van der Waals surface area (Å²) < 4.78 is 5.37. The van der Waals surface area contributed by atoms with Gasteiger partial charge < -0.3 is 15.8 Å². The lowest BCUT2D eigenvalue weighted by atomic mass is 10.1. The van der Waals surface area contributed by atoms with Gasteiger partial charge in [0, 0.05) is 18.6 Å². The van der Waals surface area contributed by atoms with Crippen LogP contribution in [-0.4, -0.2) is 56.2 Å². The smallest absolute Gasteiger partial charge is 0.231 e. The summed E-state index contributed by atoms with van der Waals surface area (Å²) >= 11 is 0. The van der Waals surface area contributed by atoms with Crippen molar-refractivity contribution in [3.05, 3.63) is 0 Å². The van der Waals surface area contributed by atoms with Crippen LogP contribution in [0.3, 0.4) is 0 Å². The van der Waals surface area contributed by atoms with Crippen LogP contribution < -0.4 is 11.1 Å². The van der Waals surface area contributed by atoms with Gasteiger partial charge in [-0.15, -0.1) is 0 Å². The number of hydrogen-bond acceptors (Lipinski definition) is 4. The summed E-state index contributed by atoms with van der Waals surface area (Å²) in [6.45, 7) is 4.88. The molecule has 0 spiro atoms. The van der Waals surface area contributed by atoms with E-state index < -0.39 is 0 Å². The Morgan fingerprint density at radius 1 is 1.73 bits per heavy atom. The van der Waals surface area contributed by atoms with E-state index >= 15 is 0 Å². The van der Waals surface area contributed by atoms with Gasteiger partial charge in [0.25, 0.3) is 0 Å². The molecule has 5 nitrogen and oxygen atoms in total. The summed E-state index contributed by atoms with van der Waals surface area (Å²) in [5.74, 6) is -0.280. The first-order chi connectivity index (χ1) is 7.09. The molecule has 0 aromatic rings. The molecule has 1 fully saturated rings. The second-order valence-corrected chi connectivity index (χ2v) is 4.19. The van der Waals surface area contributed by atoms with Gasteiger partial charge in [-0.1, -0.05) is 0 Å². The zero-order valence-corrected chi connectivity index (χ0v) is 9.53. The monoisotopic (exact) mass is 215 g/mol. The van der Waals surface area contributed by atoms with E-state index in [2.05, 4.69) is 12.2 Å². The highest BCUT2D eigenvalue weighted by molar-refractivity contribution is 5.75. The summed E-state index contributed by atoms with van der Waals surface area (Å²) in [6.07, 6.45) is 0.976. The Hall–Kier alpha value is -0.650. The van der Waals surface area contributed by atoms with Gasteiger partial charge >= 0.3 is 0 Å². The number of nitrogens with two attached hydrogens (primary N) is 1. The molecule has 1 aliphatic rings. The highest BCUT2D eigenvalue weighted by atomic mass is 16.5. The Kier molecular flexibility index (Phi) is 5.01. The van der Waals surface area contributed by atoms with E-state index in [9.17, 15) is 4.79 Å². The molecule has 0 radical (unpaired) electrons. The van der Waals surface area contributed by atoms with Crippen LogP contribution in [0.5, 0.6) is 0 Å². The van der Waals surface area contributed by atoms with Crippen molar-refractivity contribution in [3.8, 4) is 0 Å². The SMILES string of the molecule is CC(CC1COCCN1)N(C)CC(N)=O. The van der Waals surface area contributed by atoms with Crippen LogP contribution in [0, 0.1) is 0 Å². The van der Waals surface area contributed by atoms with Gasteiger partial charge in [-0.25, -0.2) is 0 Å². The van der Waals surface area contributed by atoms with Crippen LogP contribution in [0.2, 0.25) is 0 Å². The fraction of sp³-hybridized carbons (Fsp3) is 0.900. The number of rotatable bonds is 5. The minimum absolute atomic E-state index is 0.280. The minimum Gasteiger partial charge on any atom is -0.379 e. The number of carbonyl (C=O) groups is 1. The van der Waals surface area contributed by atoms with Gasteiger partial charge in [-0.3, -0.25) is 9.69 Å². The third-order valence-corrected chi connectivity index (χ3v) is 2.78. The Morgan fingerprint density at radius 3 is 3.00 bits per heavy atom. The average Bonchev–Trinajstić information content (AvgIpc) is 2.18. The highest BCUT2D eigenvalue weighted by Gasteiger charge is 2.19. The molecule has 2 atom stereocenters. The third kappa shape index (κ3) is 4.59. The second-order valence-electron chi connectivity index (χ2n) is 4.19. The topological polar surface area (TPSA) is 67.6 Å². The van der Waals surface area contributed by atoms with Gasteiger partial charge in [0.2, 0.25) is 5.91 Å². The number of likely N-dealkylation sites (N-methyl/N-ethyl adjacent to an activating group) is 1. The molecule has 5 heteroatoms. The number of ether oxygens (including phenoxy) is 1. The molecule has 3 N–H and O–H groups in total. The molecule has 1 aliphatic heterocycles. The van der Waals surface area contributed by atoms with Crippen molar-refractivity contribution in [2.24, 2.45) is 5.73 Å². The molecule has 1 saturated heterocycles. The number of carbonyl (C=O) groups excluding carboxylic acids is 1. The highest BCUT2D eigenvalue weighted by Crippen LogP contribution is 2.07. The van der Waals surface area contributed by atoms with Crippen molar-refractivity contribution in [2.45, 2.75) is 25.4 Å². The van der Waals surface area contributed by atoms with E-state index in [0.717, 1.165) is 26.2 Å². The molecule has 0 aromatic heterocycles. The summed E-state index contributed by atoms with van der Waals surface area (Å²) in [7, 11) is 1.92. The van der Waals surface area contributed by atoms with Gasteiger partial charge in [-0.2, -0.15) is 0 Å². The van der Waals surface area contributed by atoms with Crippen molar-refractivity contribution >= 4 is 5.91 Å². The normalized spacial score (nSPS) is 24.1. The maximum atomic E-state index is 10.7. The number of nitrogens with one attached hydrogen (secondary N) is 1. The number of amides is 1. The zero-order valence-electron chi connectivity index (χ0n) is 9.53. The molecule has 1 amide bonds. The van der Waals surface area contributed by atoms with E-state index in [1.807, 2.05) is 11.9 Å². The first kappa shape index (κ1) is 12.4. The molecule has 0 aromatic carbocycles. The van der Waals surface area contributed by atoms with E-state index in [1.165, 1.54) is 0 Å². The maximum Gasteiger partial charge on any atom is 0.231 e. The molecule has 0 saturated carbocycles. The molecular formula is C10H21N3O2. The summed E-state index contributed by atoms with van der Waals surface area (Å²) in [5.41, 5.74) is 5.14. The first-order valence-electron chi connectivity index (χ1n) is 5.39. The fourth-order valence-electron chi connectivity index (χ4n) is 1.76. The number of morpholine rings is 1. The molecule has 0 aliphatic carbocycles. The number of nitrogens with zero attached hydrogens (tertiary/aromatic N) is 1. The second kappa shape index (κ2) is 6.05. The van der Waals surface area contributed by atoms with Crippen LogP contribution in [0.15, 0.2) is 0 Å². The number of hydrogen-bond donors (Lipinski definition) is 2. The predicted octanol–water partition coefficient (Wildman–Crippen LogP) is -0.829. The summed E-state index contributed by atoms with van der Waals surface area (Å²) in [5, 5.41) is 3.39. The van der Waals surface area contributed by atoms with E-state index in [4.69, 9.17) is 10.5 Å². The van der Waals surface area contributed by atoms with Crippen LogP contribution >= 0.6 is 0 Å². The largest absolute Gasteiger partial charge is 0.379 e. The number of primary amides is 1. The lowest BCUT2D eigenvalue weighted by Gasteiger charge is -2.30. The third-order valence-electron chi connectivity index (χ3n) is 2.78. The Balaban J connectivity index is 2.26. The molecule has 88 valence electrons. The van der Waals surface area contributed by atoms with Crippen LogP contribution in [0.4, 0.5) is 0 Å². The Morgan fingerprint density at radius 2 is 2.47 bits per heavy atom. The Labute approximate surface area is 90.9 Å². The molecular weight excluding hydrogens is 194 g/mol. The quantitative estimate of drug-likeness (QED) is 0.628. The van der Waals surface area contributed by atoms with Crippen LogP contribution in [0.1, 0.15) is 13.3 Å². The Bertz CT molecular complexity index is 205. The summed E-state index contributed by atoms with van der Waals surface area (Å²) in [4.78, 5) is 12.7. The van der Waals surface area contributed by atoms with Gasteiger partial charge in [0.05, 0.1) is 19.8 Å². The van der Waals surface area contributed by atoms with Crippen molar-refractivity contribution < 1.29 is 9.53 Å². The zero-order chi connectivity index (χ0) is 11.3. The minimum atomic E-state index is -0.280. The van der Waals surface area contributed by atoms with Crippen molar-refractivity contribution in [1.82, 2.24) is 10.2 Å². The molecule has 1 heterocycles. The lowest BCUT2D eigenvalue weighted by molar-refractivity contribution is -0.119. The van der Waals surface area contributed by atoms with E-state index in [-0.39, 0.29) is 5.91 Å². The van der Waals surface area contributed by atoms with Gasteiger partial charge in [-0.05, 0) is 20.4 Å². The van der Waals surface area contributed by atoms with Crippen molar-refractivity contribution in [2.75, 3.05) is 33.4 Å². The fourth-order valence-corrected chi connectivity index (χ4v) is 1.76. The molecule has 0 bridgehead atoms. The summed E-state index contributed by atoms with van der Waals surface area (Å²) in [6, 6.07) is 0.723. The maximum absolute atomic E-state index is 10.7. The lowest BCUT2D eigenvalue weighted by Crippen LogP contribution is -2.46. The standard InChI is InChI=1S/C10H21N3O2/c1-8(13(2)6-10(11)14)5-9-7-15-4-3-12-9/h8-9,12H,3-7H2,1-2H3,(H2,11,14). The average molecular weight is 215 g/mol.